The summed E-state index contributed by atoms with van der Waals surface area (Å²) in [6.07, 6.45) is -0.316. The Balaban J connectivity index is 0.000000336. The third-order valence-electron chi connectivity index (χ3n) is 9.80. The van der Waals surface area contributed by atoms with Gasteiger partial charge in [-0.2, -0.15) is 10.0 Å². The number of hydrogen-bond donors (Lipinski definition) is 6. The van der Waals surface area contributed by atoms with Crippen molar-refractivity contribution in [2.24, 2.45) is 17.5 Å². The van der Waals surface area contributed by atoms with Crippen molar-refractivity contribution in [3.8, 4) is 0 Å². The second-order valence-electron chi connectivity index (χ2n) is 20.7. The largest absolute Gasteiger partial charge is 0.443 e. The first-order chi connectivity index (χ1) is 33.9. The number of amides is 8. The number of hydrogen-bond acceptors (Lipinski definition) is 19. The first kappa shape index (κ1) is 63.9. The fourth-order valence-corrected chi connectivity index (χ4v) is 6.65. The molecule has 0 radical (unpaired) electrons. The van der Waals surface area contributed by atoms with Crippen LogP contribution in [0.25, 0.3) is 0 Å². The highest BCUT2D eigenvalue weighted by molar-refractivity contribution is 6.22. The molecule has 9 N–H and O–H groups in total. The molecule has 0 unspecified atom stereocenters. The van der Waals surface area contributed by atoms with E-state index in [-0.39, 0.29) is 47.3 Å². The van der Waals surface area contributed by atoms with E-state index in [0.717, 1.165) is 41.1 Å². The third-order valence-corrected chi connectivity index (χ3v) is 9.80. The highest BCUT2D eigenvalue weighted by Gasteiger charge is 2.46. The summed E-state index contributed by atoms with van der Waals surface area (Å²) in [6.45, 7) is 24.5. The number of halogens is 1. The number of hydrazine groups is 5. The second kappa shape index (κ2) is 27.9. The highest BCUT2D eigenvalue weighted by Crippen LogP contribution is 2.29. The lowest BCUT2D eigenvalue weighted by Gasteiger charge is -2.35. The Morgan fingerprint density at radius 1 is 0.554 bits per heavy atom. The molecule has 2 aromatic rings. The van der Waals surface area contributed by atoms with Gasteiger partial charge in [0, 0.05) is 25.9 Å². The van der Waals surface area contributed by atoms with Crippen LogP contribution in [-0.2, 0) is 33.2 Å². The van der Waals surface area contributed by atoms with E-state index in [9.17, 15) is 38.4 Å². The average molecular weight is 1070 g/mol. The van der Waals surface area contributed by atoms with Gasteiger partial charge in [0.1, 0.15) is 22.4 Å². The van der Waals surface area contributed by atoms with Gasteiger partial charge in [-0.15, -0.1) is 12.4 Å². The van der Waals surface area contributed by atoms with E-state index in [0.29, 0.717) is 37.3 Å². The van der Waals surface area contributed by atoms with Gasteiger partial charge in [-0.1, -0.05) is 24.3 Å². The Bertz CT molecular complexity index is 2170. The molecule has 2 aromatic carbocycles. The van der Waals surface area contributed by atoms with E-state index in [2.05, 4.69) is 10.9 Å². The molecular formula is C48H75ClN10O15. The van der Waals surface area contributed by atoms with Crippen LogP contribution in [0.15, 0.2) is 48.5 Å². The fourth-order valence-electron chi connectivity index (χ4n) is 6.65. The number of benzene rings is 2. The summed E-state index contributed by atoms with van der Waals surface area (Å²) in [4.78, 5) is 95.4. The summed E-state index contributed by atoms with van der Waals surface area (Å²) in [7, 11) is 0. The maximum Gasteiger partial charge on any atom is 0.430 e. The quantitative estimate of drug-likeness (QED) is 0.0764. The molecule has 25 nitrogen and oxygen atoms in total. The Hall–Kier alpha value is -6.19. The lowest BCUT2D eigenvalue weighted by Crippen LogP contribution is -2.56. The number of carbonyl (C=O) groups is 8. The molecule has 3 atom stereocenters. The number of nitrogens with one attached hydrogen (secondary N) is 3. The predicted octanol–water partition coefficient (Wildman–Crippen LogP) is 4.88. The highest BCUT2D eigenvalue weighted by atomic mass is 35.5. The van der Waals surface area contributed by atoms with Crippen molar-refractivity contribution >= 4 is 60.4 Å². The van der Waals surface area contributed by atoms with Crippen molar-refractivity contribution in [3.63, 3.8) is 0 Å². The standard InChI is InChI=1S/C17H20N2O5.C13H14N2O4.C9H18N2O3.C5H12N2O2.C4H10N2O.ClH/c1-17(2,3)24-16(22)18(11-8-9-23-10-11)19-14(20)12-6-4-5-7-13(12)15(19)21;1-13(2,3)19-12(18)14-15-10(16)8-6-4-5-7-9(8)11(15)17;1-9(2,3)14-8(12)11(10)7-4-5-13-6-7;1-5(2,3)9-4(8)7-6;5-6-4-1-2-7-3-4;/h4-7,11H,8-10H2,1-3H3;4-7H,1-3H3,(H,14,18);7H,4-6,10H2,1-3H3;6H2,1-3H3,(H,7,8);4,6H,1-3,5H2;1H/t11-;;7-;;4-;/m0.0.0./s1. The van der Waals surface area contributed by atoms with Gasteiger partial charge in [-0.25, -0.2) is 46.3 Å². The molecule has 5 aliphatic rings. The Kier molecular flexibility index (Phi) is 24.1. The third kappa shape index (κ3) is 20.3. The lowest BCUT2D eigenvalue weighted by atomic mass is 10.1. The van der Waals surface area contributed by atoms with E-state index in [1.165, 1.54) is 12.1 Å². The number of nitrogens with two attached hydrogens (primary N) is 3. The first-order valence-corrected chi connectivity index (χ1v) is 23.5. The van der Waals surface area contributed by atoms with Crippen LogP contribution in [0.4, 0.5) is 19.2 Å². The van der Waals surface area contributed by atoms with Crippen LogP contribution >= 0.6 is 12.4 Å². The summed E-state index contributed by atoms with van der Waals surface area (Å²) in [5.74, 6) is 13.3. The van der Waals surface area contributed by atoms with Gasteiger partial charge in [0.25, 0.3) is 23.6 Å². The molecule has 5 aliphatic heterocycles. The summed E-state index contributed by atoms with van der Waals surface area (Å²) in [5.41, 5.74) is 5.34. The zero-order chi connectivity index (χ0) is 55.1. The molecule has 0 saturated carbocycles. The van der Waals surface area contributed by atoms with Crippen molar-refractivity contribution in [1.82, 2.24) is 36.3 Å². The Labute approximate surface area is 437 Å². The first-order valence-electron chi connectivity index (χ1n) is 23.5. The molecule has 5 heterocycles. The Morgan fingerprint density at radius 2 is 0.932 bits per heavy atom. The zero-order valence-electron chi connectivity index (χ0n) is 44.3. The summed E-state index contributed by atoms with van der Waals surface area (Å²) < 4.78 is 35.7. The average Bonchev–Trinajstić information content (AvgIpc) is 4.16. The van der Waals surface area contributed by atoms with Crippen LogP contribution in [0.5, 0.6) is 0 Å². The van der Waals surface area contributed by atoms with E-state index >= 15 is 0 Å². The summed E-state index contributed by atoms with van der Waals surface area (Å²) >= 11 is 0. The molecule has 26 heteroatoms. The van der Waals surface area contributed by atoms with E-state index in [4.69, 9.17) is 50.7 Å². The molecule has 74 heavy (non-hydrogen) atoms. The molecule has 3 saturated heterocycles. The molecule has 0 bridgehead atoms. The molecule has 0 aliphatic carbocycles. The van der Waals surface area contributed by atoms with E-state index in [1.54, 1.807) is 98.7 Å². The van der Waals surface area contributed by atoms with Gasteiger partial charge < -0.3 is 33.2 Å². The molecule has 8 amide bonds. The second-order valence-corrected chi connectivity index (χ2v) is 20.7. The van der Waals surface area contributed by atoms with Crippen molar-refractivity contribution in [2.45, 2.75) is 143 Å². The number of carbonyl (C=O) groups excluding carboxylic acids is 8. The van der Waals surface area contributed by atoms with Crippen molar-refractivity contribution in [2.75, 3.05) is 39.6 Å². The number of fused-ring (bicyclic) bond motifs is 2. The lowest BCUT2D eigenvalue weighted by molar-refractivity contribution is -0.0455. The van der Waals surface area contributed by atoms with Crippen molar-refractivity contribution in [3.05, 3.63) is 70.8 Å². The van der Waals surface area contributed by atoms with Crippen LogP contribution in [-0.4, -0.2) is 148 Å². The van der Waals surface area contributed by atoms with Crippen molar-refractivity contribution < 1.29 is 71.5 Å². The molecule has 7 rings (SSSR count). The van der Waals surface area contributed by atoms with Gasteiger partial charge in [0.05, 0.1) is 54.2 Å². The van der Waals surface area contributed by atoms with Crippen LogP contribution < -0.4 is 33.8 Å². The topological polar surface area (TPSA) is 328 Å². The van der Waals surface area contributed by atoms with Crippen molar-refractivity contribution in [1.29, 1.82) is 0 Å². The van der Waals surface area contributed by atoms with Gasteiger partial charge >= 0.3 is 24.4 Å². The van der Waals surface area contributed by atoms with Gasteiger partial charge in [0.15, 0.2) is 0 Å². The molecule has 414 valence electrons. The number of ether oxygens (including phenoxy) is 7. The Morgan fingerprint density at radius 3 is 1.27 bits per heavy atom. The minimum absolute atomic E-state index is 0. The van der Waals surface area contributed by atoms with Crippen LogP contribution in [0.3, 0.4) is 0 Å². The minimum Gasteiger partial charge on any atom is -0.443 e. The summed E-state index contributed by atoms with van der Waals surface area (Å²) in [6, 6.07) is 12.8. The monoisotopic (exact) mass is 1070 g/mol. The van der Waals surface area contributed by atoms with E-state index in [1.807, 2.05) is 26.2 Å². The molecule has 3 fully saturated rings. The number of imide groups is 2. The molecule has 0 aromatic heterocycles. The van der Waals surface area contributed by atoms with Gasteiger partial charge in [0.2, 0.25) is 0 Å². The maximum atomic E-state index is 12.7. The zero-order valence-corrected chi connectivity index (χ0v) is 45.1. The smallest absolute Gasteiger partial charge is 0.430 e. The fraction of sp³-hybridized carbons (Fsp3) is 0.583. The van der Waals surface area contributed by atoms with Crippen LogP contribution in [0, 0.1) is 0 Å². The molecule has 0 spiro atoms. The maximum absolute atomic E-state index is 12.7. The van der Waals surface area contributed by atoms with Gasteiger partial charge in [-0.05, 0) is 127 Å². The van der Waals surface area contributed by atoms with E-state index < -0.39 is 76.4 Å². The molecular weight excluding hydrogens is 992 g/mol. The van der Waals surface area contributed by atoms with Gasteiger partial charge in [-0.3, -0.25) is 35.9 Å². The number of rotatable bonds is 5. The minimum atomic E-state index is -0.845. The van der Waals surface area contributed by atoms with Crippen LogP contribution in [0.1, 0.15) is 144 Å². The SMILES string of the molecule is CC(C)(C)OC(=O)N(N)[C@H]1CCOC1.CC(C)(C)OC(=O)N([C@H]1CCOC1)N1C(=O)c2ccccc2C1=O.CC(C)(C)OC(=O)NN.CC(C)(C)OC(=O)NN1C(=O)c2ccccc2C1=O.Cl.NN[C@H]1CCOC1. The summed E-state index contributed by atoms with van der Waals surface area (Å²) in [5, 5.41) is 3.79. The van der Waals surface area contributed by atoms with Crippen LogP contribution in [0.2, 0.25) is 0 Å². The number of nitrogens with zero attached hydrogens (tertiary/aromatic N) is 4. The normalized spacial score (nSPS) is 18.7. The predicted molar refractivity (Wildman–Crippen MR) is 269 cm³/mol.